The van der Waals surface area contributed by atoms with E-state index in [0.717, 1.165) is 28.2 Å². The highest BCUT2D eigenvalue weighted by molar-refractivity contribution is 5.91. The van der Waals surface area contributed by atoms with Crippen LogP contribution in [0.25, 0.3) is 5.65 Å². The number of halogens is 1. The Morgan fingerprint density at radius 1 is 1.17 bits per heavy atom. The number of anilines is 1. The van der Waals surface area contributed by atoms with E-state index in [9.17, 15) is 9.18 Å². The molecule has 0 radical (unpaired) electrons. The summed E-state index contributed by atoms with van der Waals surface area (Å²) < 4.78 is 20.5. The van der Waals surface area contributed by atoms with Crippen molar-refractivity contribution in [1.82, 2.24) is 9.38 Å². The normalized spacial score (nSPS) is 12.0. The van der Waals surface area contributed by atoms with Crippen molar-refractivity contribution in [3.05, 3.63) is 95.7 Å². The third kappa shape index (κ3) is 4.17. The Morgan fingerprint density at radius 2 is 1.97 bits per heavy atom. The number of aryl methyl sites for hydroxylation is 1. The molecule has 152 valence electrons. The Labute approximate surface area is 174 Å². The summed E-state index contributed by atoms with van der Waals surface area (Å²) in [7, 11) is 1.62. The fourth-order valence-electron chi connectivity index (χ4n) is 3.54. The van der Waals surface area contributed by atoms with Crippen LogP contribution in [0.1, 0.15) is 29.2 Å². The first-order chi connectivity index (χ1) is 14.5. The number of hydrogen-bond donors (Lipinski definition) is 1. The second-order valence-electron chi connectivity index (χ2n) is 7.20. The second kappa shape index (κ2) is 8.37. The van der Waals surface area contributed by atoms with Crippen molar-refractivity contribution in [2.45, 2.75) is 19.3 Å². The van der Waals surface area contributed by atoms with Gasteiger partial charge in [-0.2, -0.15) is 0 Å². The molecule has 0 saturated heterocycles. The number of nitrogens with one attached hydrogen (secondary N) is 1. The minimum atomic E-state index is -0.344. The van der Waals surface area contributed by atoms with Crippen LogP contribution in [0, 0.1) is 12.7 Å². The lowest BCUT2D eigenvalue weighted by Gasteiger charge is -2.18. The van der Waals surface area contributed by atoms with E-state index in [0.29, 0.717) is 5.69 Å². The summed E-state index contributed by atoms with van der Waals surface area (Å²) in [6.45, 7) is 2.02. The zero-order valence-corrected chi connectivity index (χ0v) is 16.8. The summed E-state index contributed by atoms with van der Waals surface area (Å²) in [5, 5.41) is 2.85. The van der Waals surface area contributed by atoms with Gasteiger partial charge in [0, 0.05) is 30.4 Å². The molecule has 2 heterocycles. The molecule has 1 unspecified atom stereocenters. The van der Waals surface area contributed by atoms with E-state index in [1.54, 1.807) is 19.2 Å². The smallest absolute Gasteiger partial charge is 0.225 e. The first kappa shape index (κ1) is 19.6. The number of imidazole rings is 1. The Kier molecular flexibility index (Phi) is 5.48. The number of pyridine rings is 1. The summed E-state index contributed by atoms with van der Waals surface area (Å²) in [5.41, 5.74) is 4.36. The van der Waals surface area contributed by atoms with Crippen molar-refractivity contribution in [2.75, 3.05) is 12.4 Å². The molecule has 4 aromatic rings. The lowest BCUT2D eigenvalue weighted by molar-refractivity contribution is -0.116. The topological polar surface area (TPSA) is 55.6 Å². The molecule has 1 N–H and O–H groups in total. The van der Waals surface area contributed by atoms with Gasteiger partial charge in [-0.15, -0.1) is 0 Å². The molecule has 1 atom stereocenters. The van der Waals surface area contributed by atoms with Crippen LogP contribution in [0.5, 0.6) is 5.75 Å². The number of rotatable bonds is 6. The number of amides is 1. The number of carbonyl (C=O) groups is 1. The molecule has 0 saturated carbocycles. The van der Waals surface area contributed by atoms with Crippen LogP contribution in [0.2, 0.25) is 0 Å². The first-order valence-electron chi connectivity index (χ1n) is 9.66. The van der Waals surface area contributed by atoms with Crippen LogP contribution in [0.3, 0.4) is 0 Å². The Hall–Kier alpha value is -3.67. The van der Waals surface area contributed by atoms with Crippen LogP contribution in [-0.4, -0.2) is 22.4 Å². The van der Waals surface area contributed by atoms with Crippen LogP contribution in [0.4, 0.5) is 10.1 Å². The Balaban J connectivity index is 1.69. The van der Waals surface area contributed by atoms with Crippen LogP contribution in [-0.2, 0) is 4.79 Å². The third-order valence-corrected chi connectivity index (χ3v) is 5.07. The summed E-state index contributed by atoms with van der Waals surface area (Å²) >= 11 is 0. The van der Waals surface area contributed by atoms with Gasteiger partial charge in [-0.25, -0.2) is 9.37 Å². The molecule has 30 heavy (non-hydrogen) atoms. The van der Waals surface area contributed by atoms with Gasteiger partial charge >= 0.3 is 0 Å². The highest BCUT2D eigenvalue weighted by atomic mass is 19.1. The van der Waals surface area contributed by atoms with Crippen molar-refractivity contribution >= 4 is 17.2 Å². The summed E-state index contributed by atoms with van der Waals surface area (Å²) in [6.07, 6.45) is 3.98. The minimum absolute atomic E-state index is 0.170. The van der Waals surface area contributed by atoms with E-state index in [-0.39, 0.29) is 24.1 Å². The number of nitrogens with zero attached hydrogens (tertiary/aromatic N) is 2. The van der Waals surface area contributed by atoms with E-state index in [4.69, 9.17) is 4.74 Å². The summed E-state index contributed by atoms with van der Waals surface area (Å²) in [5.74, 6) is -0.0286. The highest BCUT2D eigenvalue weighted by Gasteiger charge is 2.22. The van der Waals surface area contributed by atoms with Crippen molar-refractivity contribution in [1.29, 1.82) is 0 Å². The number of hydrogen-bond acceptors (Lipinski definition) is 3. The summed E-state index contributed by atoms with van der Waals surface area (Å²) in [4.78, 5) is 17.4. The predicted octanol–water partition coefficient (Wildman–Crippen LogP) is 4.95. The third-order valence-electron chi connectivity index (χ3n) is 5.07. The van der Waals surface area contributed by atoms with Gasteiger partial charge < -0.3 is 14.5 Å². The van der Waals surface area contributed by atoms with E-state index in [2.05, 4.69) is 10.3 Å². The SMILES string of the molecule is COc1cccc(C(CC(=O)Nc2ccc(F)cc2)c2cnc3cc(C)ccn23)c1. The van der Waals surface area contributed by atoms with Crippen molar-refractivity contribution < 1.29 is 13.9 Å². The van der Waals surface area contributed by atoms with Gasteiger partial charge in [0.25, 0.3) is 0 Å². The van der Waals surface area contributed by atoms with Crippen LogP contribution in [0.15, 0.2) is 73.1 Å². The zero-order chi connectivity index (χ0) is 21.1. The molecule has 0 fully saturated rings. The van der Waals surface area contributed by atoms with Crippen molar-refractivity contribution in [3.8, 4) is 5.75 Å². The Bertz CT molecular complexity index is 1180. The fraction of sp³-hybridized carbons (Fsp3) is 0.167. The quantitative estimate of drug-likeness (QED) is 0.496. The molecule has 0 aliphatic rings. The molecule has 0 aliphatic carbocycles. The lowest BCUT2D eigenvalue weighted by Crippen LogP contribution is -2.17. The molecular weight excluding hydrogens is 381 g/mol. The molecule has 4 rings (SSSR count). The van der Waals surface area contributed by atoms with Crippen molar-refractivity contribution in [3.63, 3.8) is 0 Å². The molecule has 2 aromatic carbocycles. The average Bonchev–Trinajstić information content (AvgIpc) is 3.16. The molecule has 5 nitrogen and oxygen atoms in total. The van der Waals surface area contributed by atoms with E-state index >= 15 is 0 Å². The van der Waals surface area contributed by atoms with Gasteiger partial charge in [-0.1, -0.05) is 12.1 Å². The number of ether oxygens (including phenoxy) is 1. The maximum absolute atomic E-state index is 13.2. The largest absolute Gasteiger partial charge is 0.497 e. The number of fused-ring (bicyclic) bond motifs is 1. The average molecular weight is 403 g/mol. The maximum atomic E-state index is 13.2. The fourth-order valence-corrected chi connectivity index (χ4v) is 3.54. The van der Waals surface area contributed by atoms with Crippen LogP contribution >= 0.6 is 0 Å². The predicted molar refractivity (Wildman–Crippen MR) is 114 cm³/mol. The van der Waals surface area contributed by atoms with Gasteiger partial charge in [-0.3, -0.25) is 4.79 Å². The lowest BCUT2D eigenvalue weighted by atomic mass is 9.92. The van der Waals surface area contributed by atoms with E-state index < -0.39 is 0 Å². The number of aromatic nitrogens is 2. The molecule has 0 bridgehead atoms. The molecule has 6 heteroatoms. The molecule has 2 aromatic heterocycles. The van der Waals surface area contributed by atoms with Gasteiger partial charge in [0.05, 0.1) is 12.8 Å². The molecule has 1 amide bonds. The maximum Gasteiger partial charge on any atom is 0.225 e. The minimum Gasteiger partial charge on any atom is -0.497 e. The summed E-state index contributed by atoms with van der Waals surface area (Å²) in [6, 6.07) is 17.4. The Morgan fingerprint density at radius 3 is 2.73 bits per heavy atom. The second-order valence-corrected chi connectivity index (χ2v) is 7.20. The number of carbonyl (C=O) groups excluding carboxylic acids is 1. The monoisotopic (exact) mass is 403 g/mol. The van der Waals surface area contributed by atoms with Gasteiger partial charge in [0.15, 0.2) is 0 Å². The van der Waals surface area contributed by atoms with Gasteiger partial charge in [0.2, 0.25) is 5.91 Å². The van der Waals surface area contributed by atoms with Crippen molar-refractivity contribution in [2.24, 2.45) is 0 Å². The standard InChI is InChI=1S/C24H22FN3O2/c1-16-10-11-28-22(15-26-23(28)12-16)21(17-4-3-5-20(13-17)30-2)14-24(29)27-19-8-6-18(25)7-9-19/h3-13,15,21H,14H2,1-2H3,(H,27,29). The molecule has 0 aliphatic heterocycles. The van der Waals surface area contributed by atoms with Gasteiger partial charge in [-0.05, 0) is 66.6 Å². The molecular formula is C24H22FN3O2. The van der Waals surface area contributed by atoms with Crippen LogP contribution < -0.4 is 10.1 Å². The highest BCUT2D eigenvalue weighted by Crippen LogP contribution is 2.31. The molecule has 0 spiro atoms. The first-order valence-corrected chi connectivity index (χ1v) is 9.66. The van der Waals surface area contributed by atoms with E-state index in [1.807, 2.05) is 60.1 Å². The zero-order valence-electron chi connectivity index (χ0n) is 16.8. The van der Waals surface area contributed by atoms with E-state index in [1.165, 1.54) is 12.1 Å². The van der Waals surface area contributed by atoms with Gasteiger partial charge in [0.1, 0.15) is 17.2 Å². The number of benzene rings is 2. The number of methoxy groups -OCH3 is 1.